The van der Waals surface area contributed by atoms with Crippen LogP contribution in [0.15, 0.2) is 28.7 Å². The van der Waals surface area contributed by atoms with E-state index >= 15 is 0 Å². The number of carboxylic acids is 1. The van der Waals surface area contributed by atoms with Gasteiger partial charge in [0, 0.05) is 36.7 Å². The maximum Gasteiger partial charge on any atom is 0.304 e. The van der Waals surface area contributed by atoms with E-state index < -0.39 is 5.97 Å². The fourth-order valence-corrected chi connectivity index (χ4v) is 2.80. The predicted octanol–water partition coefficient (Wildman–Crippen LogP) is 2.09. The van der Waals surface area contributed by atoms with Crippen molar-refractivity contribution in [2.75, 3.05) is 19.6 Å². The smallest absolute Gasteiger partial charge is 0.304 e. The first-order chi connectivity index (χ1) is 9.15. The van der Waals surface area contributed by atoms with Crippen LogP contribution in [0, 0.1) is 0 Å². The molecule has 0 aromatic heterocycles. The van der Waals surface area contributed by atoms with Gasteiger partial charge in [0.25, 0.3) is 0 Å². The van der Waals surface area contributed by atoms with Crippen LogP contribution in [0.2, 0.25) is 0 Å². The summed E-state index contributed by atoms with van der Waals surface area (Å²) in [5.41, 5.74) is 1.30. The number of hydrogen-bond donors (Lipinski definition) is 2. The molecule has 2 rings (SSSR count). The van der Waals surface area contributed by atoms with Crippen molar-refractivity contribution in [1.29, 1.82) is 0 Å². The van der Waals surface area contributed by atoms with Crippen LogP contribution >= 0.6 is 15.9 Å². The molecule has 0 bridgehead atoms. The van der Waals surface area contributed by atoms with Crippen molar-refractivity contribution in [3.63, 3.8) is 0 Å². The van der Waals surface area contributed by atoms with Gasteiger partial charge in [-0.2, -0.15) is 0 Å². The van der Waals surface area contributed by atoms with E-state index in [1.54, 1.807) is 0 Å². The van der Waals surface area contributed by atoms with Crippen molar-refractivity contribution in [1.82, 2.24) is 10.2 Å². The van der Waals surface area contributed by atoms with E-state index in [4.69, 9.17) is 5.11 Å². The second-order valence-corrected chi connectivity index (χ2v) is 5.76. The summed E-state index contributed by atoms with van der Waals surface area (Å²) in [6, 6.07) is 8.69. The van der Waals surface area contributed by atoms with Crippen molar-refractivity contribution in [2.24, 2.45) is 0 Å². The zero-order valence-electron chi connectivity index (χ0n) is 10.8. The number of carbonyl (C=O) groups is 1. The standard InChI is InChI=1S/C14H19BrN2O2/c15-13-4-2-1-3-11(13)9-17-8-6-12(10-17)16-7-5-14(18)19/h1-4,12,16H,5-10H2,(H,18,19). The molecule has 1 fully saturated rings. The molecule has 1 atom stereocenters. The number of likely N-dealkylation sites (tertiary alicyclic amines) is 1. The summed E-state index contributed by atoms with van der Waals surface area (Å²) in [4.78, 5) is 12.9. The van der Waals surface area contributed by atoms with Gasteiger partial charge in [0.1, 0.15) is 0 Å². The highest BCUT2D eigenvalue weighted by Gasteiger charge is 2.22. The van der Waals surface area contributed by atoms with E-state index in [2.05, 4.69) is 44.3 Å². The van der Waals surface area contributed by atoms with Crippen molar-refractivity contribution in [3.05, 3.63) is 34.3 Å². The lowest BCUT2D eigenvalue weighted by molar-refractivity contribution is -0.136. The van der Waals surface area contributed by atoms with Gasteiger partial charge in [0.2, 0.25) is 0 Å². The third kappa shape index (κ3) is 4.60. The molecule has 1 saturated heterocycles. The summed E-state index contributed by atoms with van der Waals surface area (Å²) < 4.78 is 1.15. The topological polar surface area (TPSA) is 52.6 Å². The van der Waals surface area contributed by atoms with E-state index in [9.17, 15) is 4.79 Å². The molecule has 19 heavy (non-hydrogen) atoms. The Labute approximate surface area is 121 Å². The van der Waals surface area contributed by atoms with Crippen LogP contribution in [0.1, 0.15) is 18.4 Å². The number of aliphatic carboxylic acids is 1. The van der Waals surface area contributed by atoms with E-state index in [0.717, 1.165) is 30.5 Å². The van der Waals surface area contributed by atoms with Crippen molar-refractivity contribution >= 4 is 21.9 Å². The first kappa shape index (κ1) is 14.5. The van der Waals surface area contributed by atoms with E-state index in [0.29, 0.717) is 12.6 Å². The quantitative estimate of drug-likeness (QED) is 0.840. The van der Waals surface area contributed by atoms with Crippen molar-refractivity contribution < 1.29 is 9.90 Å². The van der Waals surface area contributed by atoms with Gasteiger partial charge in [-0.15, -0.1) is 0 Å². The first-order valence-electron chi connectivity index (χ1n) is 6.56. The number of nitrogens with zero attached hydrogens (tertiary/aromatic N) is 1. The van der Waals surface area contributed by atoms with Gasteiger partial charge in [0.05, 0.1) is 6.42 Å². The second kappa shape index (κ2) is 7.03. The number of hydrogen-bond acceptors (Lipinski definition) is 3. The van der Waals surface area contributed by atoms with Gasteiger partial charge in [-0.3, -0.25) is 9.69 Å². The molecule has 0 amide bonds. The number of carboxylic acid groups (broad SMARTS) is 1. The maximum absolute atomic E-state index is 10.5. The van der Waals surface area contributed by atoms with E-state index in [-0.39, 0.29) is 6.42 Å². The minimum Gasteiger partial charge on any atom is -0.481 e. The summed E-state index contributed by atoms with van der Waals surface area (Å²) in [5, 5.41) is 11.9. The molecule has 1 aromatic rings. The lowest BCUT2D eigenvalue weighted by atomic mass is 10.2. The third-order valence-electron chi connectivity index (χ3n) is 3.40. The van der Waals surface area contributed by atoms with Crippen LogP contribution in [0.5, 0.6) is 0 Å². The fraction of sp³-hybridized carbons (Fsp3) is 0.500. The van der Waals surface area contributed by atoms with Gasteiger partial charge < -0.3 is 10.4 Å². The summed E-state index contributed by atoms with van der Waals surface area (Å²) in [7, 11) is 0. The van der Waals surface area contributed by atoms with Crippen molar-refractivity contribution in [2.45, 2.75) is 25.4 Å². The third-order valence-corrected chi connectivity index (χ3v) is 4.17. The van der Waals surface area contributed by atoms with Gasteiger partial charge in [0.15, 0.2) is 0 Å². The number of rotatable bonds is 6. The highest BCUT2D eigenvalue weighted by molar-refractivity contribution is 9.10. The summed E-state index contributed by atoms with van der Waals surface area (Å²) >= 11 is 3.57. The molecule has 0 spiro atoms. The Morgan fingerprint density at radius 3 is 3.00 bits per heavy atom. The average molecular weight is 327 g/mol. The average Bonchev–Trinajstić information content (AvgIpc) is 2.79. The maximum atomic E-state index is 10.5. The van der Waals surface area contributed by atoms with E-state index in [1.807, 2.05) is 6.07 Å². The molecular weight excluding hydrogens is 308 g/mol. The van der Waals surface area contributed by atoms with Crippen LogP contribution in [-0.4, -0.2) is 41.7 Å². The molecule has 1 aliphatic rings. The molecule has 5 heteroatoms. The Kier molecular flexibility index (Phi) is 5.36. The van der Waals surface area contributed by atoms with Crippen LogP contribution < -0.4 is 5.32 Å². The molecule has 4 nitrogen and oxygen atoms in total. The first-order valence-corrected chi connectivity index (χ1v) is 7.35. The molecule has 0 saturated carbocycles. The molecule has 0 radical (unpaired) electrons. The van der Waals surface area contributed by atoms with Gasteiger partial charge >= 0.3 is 5.97 Å². The Morgan fingerprint density at radius 2 is 2.26 bits per heavy atom. The Morgan fingerprint density at radius 1 is 1.47 bits per heavy atom. The number of nitrogens with one attached hydrogen (secondary N) is 1. The number of halogens is 1. The monoisotopic (exact) mass is 326 g/mol. The minimum atomic E-state index is -0.740. The molecular formula is C14H19BrN2O2. The van der Waals surface area contributed by atoms with Gasteiger partial charge in [-0.05, 0) is 18.1 Å². The van der Waals surface area contributed by atoms with Gasteiger partial charge in [-0.25, -0.2) is 0 Å². The lowest BCUT2D eigenvalue weighted by Crippen LogP contribution is -2.33. The fourth-order valence-electron chi connectivity index (χ4n) is 2.39. The molecule has 0 aliphatic carbocycles. The Hall–Kier alpha value is -0.910. The normalized spacial score (nSPS) is 19.7. The zero-order chi connectivity index (χ0) is 13.7. The molecule has 104 valence electrons. The molecule has 1 heterocycles. The molecule has 1 aliphatic heterocycles. The summed E-state index contributed by atoms with van der Waals surface area (Å²) in [6.07, 6.45) is 1.28. The van der Waals surface area contributed by atoms with Crippen LogP contribution in [0.3, 0.4) is 0 Å². The van der Waals surface area contributed by atoms with Crippen LogP contribution in [0.4, 0.5) is 0 Å². The predicted molar refractivity (Wildman–Crippen MR) is 78.1 cm³/mol. The lowest BCUT2D eigenvalue weighted by Gasteiger charge is -2.17. The SMILES string of the molecule is O=C(O)CCNC1CCN(Cc2ccccc2Br)C1. The van der Waals surface area contributed by atoms with E-state index in [1.165, 1.54) is 5.56 Å². The van der Waals surface area contributed by atoms with Gasteiger partial charge in [-0.1, -0.05) is 34.1 Å². The largest absolute Gasteiger partial charge is 0.481 e. The summed E-state index contributed by atoms with van der Waals surface area (Å²) in [5.74, 6) is -0.740. The molecule has 2 N–H and O–H groups in total. The van der Waals surface area contributed by atoms with Crippen LogP contribution in [0.25, 0.3) is 0 Å². The summed E-state index contributed by atoms with van der Waals surface area (Å²) in [6.45, 7) is 3.55. The second-order valence-electron chi connectivity index (χ2n) is 4.91. The molecule has 1 unspecified atom stereocenters. The Bertz CT molecular complexity index is 439. The highest BCUT2D eigenvalue weighted by Crippen LogP contribution is 2.20. The zero-order valence-corrected chi connectivity index (χ0v) is 12.4. The minimum absolute atomic E-state index is 0.195. The highest BCUT2D eigenvalue weighted by atomic mass is 79.9. The molecule has 1 aromatic carbocycles. The van der Waals surface area contributed by atoms with Crippen LogP contribution in [-0.2, 0) is 11.3 Å². The number of benzene rings is 1. The Balaban J connectivity index is 1.76. The van der Waals surface area contributed by atoms with Crippen molar-refractivity contribution in [3.8, 4) is 0 Å².